The van der Waals surface area contributed by atoms with Gasteiger partial charge in [0.25, 0.3) is 0 Å². The Morgan fingerprint density at radius 1 is 1.23 bits per heavy atom. The van der Waals surface area contributed by atoms with Crippen LogP contribution in [-0.2, 0) is 14.3 Å². The summed E-state index contributed by atoms with van der Waals surface area (Å²) in [6.07, 6.45) is 3.00. The van der Waals surface area contributed by atoms with Crippen molar-refractivity contribution in [3.8, 4) is 0 Å². The second-order valence-corrected chi connectivity index (χ2v) is 5.30. The molecule has 3 heterocycles. The molecular formula is C14H18N4O4. The zero-order chi connectivity index (χ0) is 15.5. The highest BCUT2D eigenvalue weighted by molar-refractivity contribution is 5.87. The standard InChI is InChI=1S/C14H18N4O4/c1-21-14(20)11-6-15-7-12(16-11)17-2-4-18(5-3-17)13(19)10-8-22-9-10/h6-7,10H,2-5,8-9H2,1H3. The lowest BCUT2D eigenvalue weighted by Gasteiger charge is -2.38. The highest BCUT2D eigenvalue weighted by Crippen LogP contribution is 2.17. The zero-order valence-corrected chi connectivity index (χ0v) is 12.4. The first-order valence-electron chi connectivity index (χ1n) is 7.21. The van der Waals surface area contributed by atoms with Crippen LogP contribution < -0.4 is 4.90 Å². The molecule has 0 bridgehead atoms. The number of rotatable bonds is 3. The third-order valence-electron chi connectivity index (χ3n) is 3.92. The fourth-order valence-electron chi connectivity index (χ4n) is 2.50. The van der Waals surface area contributed by atoms with E-state index in [4.69, 9.17) is 4.74 Å². The number of amides is 1. The Kier molecular flexibility index (Phi) is 4.19. The smallest absolute Gasteiger partial charge is 0.358 e. The minimum absolute atomic E-state index is 0.0222. The van der Waals surface area contributed by atoms with Gasteiger partial charge >= 0.3 is 5.97 Å². The van der Waals surface area contributed by atoms with E-state index in [1.807, 2.05) is 9.80 Å². The average Bonchev–Trinajstić information content (AvgIpc) is 2.52. The van der Waals surface area contributed by atoms with Crippen molar-refractivity contribution in [2.24, 2.45) is 5.92 Å². The topological polar surface area (TPSA) is 84.9 Å². The summed E-state index contributed by atoms with van der Waals surface area (Å²) >= 11 is 0. The van der Waals surface area contributed by atoms with E-state index in [1.54, 1.807) is 6.20 Å². The van der Waals surface area contributed by atoms with Gasteiger partial charge in [0.1, 0.15) is 5.82 Å². The molecule has 0 atom stereocenters. The first-order valence-corrected chi connectivity index (χ1v) is 7.21. The summed E-state index contributed by atoms with van der Waals surface area (Å²) in [5, 5.41) is 0. The number of nitrogens with zero attached hydrogens (tertiary/aromatic N) is 4. The molecule has 22 heavy (non-hydrogen) atoms. The average molecular weight is 306 g/mol. The van der Waals surface area contributed by atoms with Gasteiger partial charge in [-0.15, -0.1) is 0 Å². The molecule has 0 radical (unpaired) electrons. The number of carbonyl (C=O) groups excluding carboxylic acids is 2. The molecular weight excluding hydrogens is 288 g/mol. The molecule has 8 nitrogen and oxygen atoms in total. The van der Waals surface area contributed by atoms with Crippen molar-refractivity contribution in [1.29, 1.82) is 0 Å². The van der Waals surface area contributed by atoms with Gasteiger partial charge in [-0.25, -0.2) is 9.78 Å². The van der Waals surface area contributed by atoms with Crippen LogP contribution in [0.5, 0.6) is 0 Å². The van der Waals surface area contributed by atoms with Gasteiger partial charge in [-0.1, -0.05) is 0 Å². The van der Waals surface area contributed by atoms with E-state index >= 15 is 0 Å². The predicted molar refractivity (Wildman–Crippen MR) is 76.5 cm³/mol. The summed E-state index contributed by atoms with van der Waals surface area (Å²) in [7, 11) is 1.31. The van der Waals surface area contributed by atoms with Crippen LogP contribution in [0.1, 0.15) is 10.5 Å². The second-order valence-electron chi connectivity index (χ2n) is 5.30. The van der Waals surface area contributed by atoms with Crippen LogP contribution in [0.25, 0.3) is 0 Å². The van der Waals surface area contributed by atoms with Gasteiger partial charge in [-0.3, -0.25) is 9.78 Å². The summed E-state index contributed by atoms with van der Waals surface area (Å²) in [6.45, 7) is 3.67. The van der Waals surface area contributed by atoms with Crippen molar-refractivity contribution in [2.45, 2.75) is 0 Å². The van der Waals surface area contributed by atoms with Crippen molar-refractivity contribution in [3.05, 3.63) is 18.1 Å². The summed E-state index contributed by atoms with van der Waals surface area (Å²) in [5.74, 6) is 0.310. The number of piperazine rings is 1. The third-order valence-corrected chi connectivity index (χ3v) is 3.92. The second kappa shape index (κ2) is 6.27. The number of anilines is 1. The van der Waals surface area contributed by atoms with E-state index in [-0.39, 0.29) is 17.5 Å². The molecule has 2 aliphatic heterocycles. The summed E-state index contributed by atoms with van der Waals surface area (Å²) in [4.78, 5) is 35.8. The van der Waals surface area contributed by atoms with Gasteiger partial charge in [0.2, 0.25) is 5.91 Å². The lowest BCUT2D eigenvalue weighted by molar-refractivity contribution is -0.150. The normalized spacial score (nSPS) is 18.8. The number of aromatic nitrogens is 2. The van der Waals surface area contributed by atoms with Crippen LogP contribution in [0.15, 0.2) is 12.4 Å². The van der Waals surface area contributed by atoms with Crippen LogP contribution in [0.4, 0.5) is 5.82 Å². The molecule has 0 N–H and O–H groups in total. The van der Waals surface area contributed by atoms with E-state index in [1.165, 1.54) is 13.3 Å². The van der Waals surface area contributed by atoms with Crippen molar-refractivity contribution < 1.29 is 19.1 Å². The number of carbonyl (C=O) groups is 2. The molecule has 1 amide bonds. The third kappa shape index (κ3) is 2.87. The first kappa shape index (κ1) is 14.7. The van der Waals surface area contributed by atoms with Gasteiger partial charge in [0.15, 0.2) is 5.69 Å². The Labute approximate surface area is 128 Å². The Balaban J connectivity index is 1.61. The molecule has 8 heteroatoms. The minimum Gasteiger partial charge on any atom is -0.464 e. The van der Waals surface area contributed by atoms with Gasteiger partial charge in [-0.05, 0) is 0 Å². The van der Waals surface area contributed by atoms with Crippen molar-refractivity contribution in [3.63, 3.8) is 0 Å². The summed E-state index contributed by atoms with van der Waals surface area (Å²) in [5.41, 5.74) is 0.185. The fourth-order valence-corrected chi connectivity index (χ4v) is 2.50. The molecule has 0 aromatic carbocycles. The number of methoxy groups -OCH3 is 1. The first-order chi connectivity index (χ1) is 10.7. The van der Waals surface area contributed by atoms with E-state index < -0.39 is 5.97 Å². The molecule has 2 aliphatic rings. The maximum Gasteiger partial charge on any atom is 0.358 e. The molecule has 3 rings (SSSR count). The van der Waals surface area contributed by atoms with Crippen LogP contribution >= 0.6 is 0 Å². The number of ether oxygens (including phenoxy) is 2. The Morgan fingerprint density at radius 2 is 1.95 bits per heavy atom. The van der Waals surface area contributed by atoms with Gasteiger partial charge < -0.3 is 19.3 Å². The van der Waals surface area contributed by atoms with E-state index in [0.29, 0.717) is 45.2 Å². The van der Waals surface area contributed by atoms with E-state index in [0.717, 1.165) is 0 Å². The fraction of sp³-hybridized carbons (Fsp3) is 0.571. The van der Waals surface area contributed by atoms with Crippen molar-refractivity contribution in [1.82, 2.24) is 14.9 Å². The molecule has 2 fully saturated rings. The molecule has 0 saturated carbocycles. The van der Waals surface area contributed by atoms with Gasteiger partial charge in [0, 0.05) is 26.2 Å². The van der Waals surface area contributed by atoms with E-state index in [2.05, 4.69) is 14.7 Å². The molecule has 0 unspecified atom stereocenters. The van der Waals surface area contributed by atoms with Gasteiger partial charge in [-0.2, -0.15) is 0 Å². The molecule has 2 saturated heterocycles. The molecule has 1 aromatic heterocycles. The van der Waals surface area contributed by atoms with Crippen LogP contribution in [0.3, 0.4) is 0 Å². The largest absolute Gasteiger partial charge is 0.464 e. The van der Waals surface area contributed by atoms with Crippen molar-refractivity contribution in [2.75, 3.05) is 51.4 Å². The molecule has 0 spiro atoms. The molecule has 118 valence electrons. The Hall–Kier alpha value is -2.22. The SMILES string of the molecule is COC(=O)c1cncc(N2CCN(C(=O)C3COC3)CC2)n1. The summed E-state index contributed by atoms with van der Waals surface area (Å²) < 4.78 is 9.71. The maximum absolute atomic E-state index is 12.1. The van der Waals surface area contributed by atoms with E-state index in [9.17, 15) is 9.59 Å². The molecule has 0 aliphatic carbocycles. The predicted octanol–water partition coefficient (Wildman–Crippen LogP) is -0.442. The van der Waals surface area contributed by atoms with Crippen molar-refractivity contribution >= 4 is 17.7 Å². The monoisotopic (exact) mass is 306 g/mol. The zero-order valence-electron chi connectivity index (χ0n) is 12.4. The Bertz CT molecular complexity index is 568. The quantitative estimate of drug-likeness (QED) is 0.700. The lowest BCUT2D eigenvalue weighted by Crippen LogP contribution is -2.53. The number of hydrogen-bond donors (Lipinski definition) is 0. The lowest BCUT2D eigenvalue weighted by atomic mass is 10.1. The summed E-state index contributed by atoms with van der Waals surface area (Å²) in [6, 6.07) is 0. The maximum atomic E-state index is 12.1. The molecule has 1 aromatic rings. The Morgan fingerprint density at radius 3 is 2.55 bits per heavy atom. The van der Waals surface area contributed by atoms with Crippen LogP contribution in [-0.4, -0.2) is 73.2 Å². The number of esters is 1. The van der Waals surface area contributed by atoms with Gasteiger partial charge in [0.05, 0.1) is 38.6 Å². The minimum atomic E-state index is -0.506. The highest BCUT2D eigenvalue weighted by Gasteiger charge is 2.32. The van der Waals surface area contributed by atoms with Crippen LogP contribution in [0.2, 0.25) is 0 Å². The van der Waals surface area contributed by atoms with Crippen LogP contribution in [0, 0.1) is 5.92 Å². The highest BCUT2D eigenvalue weighted by atomic mass is 16.5. The number of hydrogen-bond acceptors (Lipinski definition) is 7.